The molecule has 14 heteroatoms. The predicted octanol–water partition coefficient (Wildman–Crippen LogP) is 4.91. The SMILES string of the molecule is COc1cc2c(N=C3CC(=O)C(OCc4c(F)c(F)c(F)c(F)c4F)=CC3=O)ncnc2cc1OCCCN1CCCC1. The number of hydrogen-bond acceptors (Lipinski definition) is 9. The van der Waals surface area contributed by atoms with Crippen molar-refractivity contribution in [2.45, 2.75) is 32.3 Å². The summed E-state index contributed by atoms with van der Waals surface area (Å²) in [4.78, 5) is 40.4. The molecule has 0 unspecified atom stereocenters. The van der Waals surface area contributed by atoms with Crippen LogP contribution in [0.5, 0.6) is 11.5 Å². The number of allylic oxidation sites excluding steroid dienone is 2. The van der Waals surface area contributed by atoms with E-state index in [-0.39, 0.29) is 11.5 Å². The molecule has 0 N–H and O–H groups in total. The third-order valence-corrected chi connectivity index (χ3v) is 7.04. The summed E-state index contributed by atoms with van der Waals surface area (Å²) >= 11 is 0. The van der Waals surface area contributed by atoms with Gasteiger partial charge in [0.2, 0.25) is 17.4 Å². The molecule has 0 spiro atoms. The van der Waals surface area contributed by atoms with Gasteiger partial charge >= 0.3 is 0 Å². The molecule has 226 valence electrons. The Balaban J connectivity index is 1.32. The topological polar surface area (TPSA) is 103 Å². The number of carbonyl (C=O) groups excluding carboxylic acids is 2. The fraction of sp³-hybridized carbons (Fsp3) is 0.345. The Bertz CT molecular complexity index is 1630. The summed E-state index contributed by atoms with van der Waals surface area (Å²) in [5, 5.41) is 0.411. The molecule has 0 bridgehead atoms. The van der Waals surface area contributed by atoms with E-state index in [9.17, 15) is 31.5 Å². The third kappa shape index (κ3) is 6.33. The first kappa shape index (κ1) is 30.0. The van der Waals surface area contributed by atoms with Gasteiger partial charge in [-0.2, -0.15) is 0 Å². The normalized spacial score (nSPS) is 16.7. The number of carbonyl (C=O) groups is 2. The van der Waals surface area contributed by atoms with Crippen LogP contribution >= 0.6 is 0 Å². The van der Waals surface area contributed by atoms with Crippen LogP contribution in [0.25, 0.3) is 10.9 Å². The highest BCUT2D eigenvalue weighted by atomic mass is 19.2. The lowest BCUT2D eigenvalue weighted by atomic mass is 10.0. The highest BCUT2D eigenvalue weighted by molar-refractivity contribution is 6.50. The smallest absolute Gasteiger partial charge is 0.204 e. The van der Waals surface area contributed by atoms with Gasteiger partial charge in [0.1, 0.15) is 12.9 Å². The van der Waals surface area contributed by atoms with Crippen LogP contribution in [0.2, 0.25) is 0 Å². The van der Waals surface area contributed by atoms with Crippen molar-refractivity contribution in [2.24, 2.45) is 4.99 Å². The molecular weight excluding hydrogens is 579 g/mol. The Labute approximate surface area is 242 Å². The van der Waals surface area contributed by atoms with E-state index in [1.165, 1.54) is 26.3 Å². The number of benzene rings is 2. The van der Waals surface area contributed by atoms with Crippen molar-refractivity contribution < 1.29 is 45.8 Å². The van der Waals surface area contributed by atoms with Gasteiger partial charge < -0.3 is 19.1 Å². The van der Waals surface area contributed by atoms with E-state index in [0.29, 0.717) is 29.0 Å². The van der Waals surface area contributed by atoms with Gasteiger partial charge in [0.25, 0.3) is 0 Å². The summed E-state index contributed by atoms with van der Waals surface area (Å²) in [6.45, 7) is 2.42. The monoisotopic (exact) mass is 604 g/mol. The Morgan fingerprint density at radius 3 is 2.30 bits per heavy atom. The van der Waals surface area contributed by atoms with E-state index < -0.39 is 65.0 Å². The number of fused-ring (bicyclic) bond motifs is 1. The van der Waals surface area contributed by atoms with Gasteiger partial charge in [-0.1, -0.05) is 0 Å². The second-order valence-electron chi connectivity index (χ2n) is 9.84. The number of hydrogen-bond donors (Lipinski definition) is 0. The average molecular weight is 605 g/mol. The molecule has 43 heavy (non-hydrogen) atoms. The summed E-state index contributed by atoms with van der Waals surface area (Å²) in [5.41, 5.74) is -1.05. The number of halogens is 5. The van der Waals surface area contributed by atoms with Crippen molar-refractivity contribution >= 4 is 34.0 Å². The predicted molar refractivity (Wildman–Crippen MR) is 143 cm³/mol. The van der Waals surface area contributed by atoms with E-state index in [0.717, 1.165) is 32.1 Å². The van der Waals surface area contributed by atoms with Crippen molar-refractivity contribution in [3.63, 3.8) is 0 Å². The van der Waals surface area contributed by atoms with Gasteiger partial charge in [-0.25, -0.2) is 36.9 Å². The van der Waals surface area contributed by atoms with E-state index in [4.69, 9.17) is 14.2 Å². The molecule has 0 saturated carbocycles. The molecule has 2 aromatic carbocycles. The van der Waals surface area contributed by atoms with Gasteiger partial charge in [0.05, 0.1) is 36.9 Å². The number of likely N-dealkylation sites (tertiary alicyclic amines) is 1. The second-order valence-corrected chi connectivity index (χ2v) is 9.84. The number of ketones is 2. The van der Waals surface area contributed by atoms with Gasteiger partial charge in [0.15, 0.2) is 46.3 Å². The van der Waals surface area contributed by atoms with Crippen LogP contribution in [0.15, 0.2) is 35.3 Å². The van der Waals surface area contributed by atoms with Gasteiger partial charge in [0, 0.05) is 24.1 Å². The van der Waals surface area contributed by atoms with Crippen LogP contribution in [-0.4, -0.2) is 65.5 Å². The lowest BCUT2D eigenvalue weighted by Gasteiger charge is -2.16. The Morgan fingerprint density at radius 2 is 1.60 bits per heavy atom. The molecule has 1 fully saturated rings. The molecule has 3 aromatic rings. The first-order valence-electron chi connectivity index (χ1n) is 13.4. The van der Waals surface area contributed by atoms with Crippen LogP contribution < -0.4 is 9.47 Å². The number of methoxy groups -OCH3 is 1. The second kappa shape index (κ2) is 12.8. The minimum atomic E-state index is -2.32. The molecule has 9 nitrogen and oxygen atoms in total. The van der Waals surface area contributed by atoms with Gasteiger partial charge in [-0.15, -0.1) is 0 Å². The molecule has 2 aliphatic rings. The van der Waals surface area contributed by atoms with Crippen LogP contribution in [0.3, 0.4) is 0 Å². The first-order valence-corrected chi connectivity index (χ1v) is 13.4. The van der Waals surface area contributed by atoms with Crippen molar-refractivity contribution in [1.29, 1.82) is 0 Å². The zero-order valence-corrected chi connectivity index (χ0v) is 22.9. The molecule has 1 aromatic heterocycles. The number of rotatable bonds is 10. The fourth-order valence-electron chi connectivity index (χ4n) is 4.77. The molecule has 2 heterocycles. The van der Waals surface area contributed by atoms with Crippen molar-refractivity contribution in [2.75, 3.05) is 33.4 Å². The highest BCUT2D eigenvalue weighted by Crippen LogP contribution is 2.35. The molecule has 1 aliphatic heterocycles. The highest BCUT2D eigenvalue weighted by Gasteiger charge is 2.29. The summed E-state index contributed by atoms with van der Waals surface area (Å²) < 4.78 is 84.5. The quantitative estimate of drug-likeness (QED) is 0.139. The maximum Gasteiger partial charge on any atom is 0.204 e. The molecule has 0 amide bonds. The lowest BCUT2D eigenvalue weighted by molar-refractivity contribution is -0.120. The van der Waals surface area contributed by atoms with Crippen LogP contribution in [-0.2, 0) is 20.9 Å². The summed E-state index contributed by atoms with van der Waals surface area (Å²) in [5.74, 6) is -12.1. The van der Waals surface area contributed by atoms with Gasteiger partial charge in [-0.3, -0.25) is 9.59 Å². The number of ether oxygens (including phenoxy) is 3. The molecule has 5 rings (SSSR count). The minimum Gasteiger partial charge on any atom is -0.493 e. The number of nitrogens with zero attached hydrogens (tertiary/aromatic N) is 4. The number of Topliss-reactive ketones (excluding diaryl/α,β-unsaturated/α-hetero) is 1. The summed E-state index contributed by atoms with van der Waals surface area (Å²) in [7, 11) is 1.47. The fourth-order valence-corrected chi connectivity index (χ4v) is 4.77. The molecule has 0 atom stereocenters. The van der Waals surface area contributed by atoms with Gasteiger partial charge in [-0.05, 0) is 38.4 Å². The zero-order chi connectivity index (χ0) is 30.7. The molecular formula is C29H25F5N4O5. The largest absolute Gasteiger partial charge is 0.493 e. The number of aliphatic imine (C=N–C) groups is 1. The Kier molecular flexibility index (Phi) is 8.94. The lowest BCUT2D eigenvalue weighted by Crippen LogP contribution is -2.25. The molecule has 1 saturated heterocycles. The van der Waals surface area contributed by atoms with Crippen molar-refractivity contribution in [3.05, 3.63) is 64.9 Å². The molecule has 0 radical (unpaired) electrons. The van der Waals surface area contributed by atoms with E-state index in [2.05, 4.69) is 19.9 Å². The summed E-state index contributed by atoms with van der Waals surface area (Å²) in [6.07, 6.45) is 4.65. The van der Waals surface area contributed by atoms with Crippen LogP contribution in [0.4, 0.5) is 27.8 Å². The van der Waals surface area contributed by atoms with E-state index in [1.807, 2.05) is 0 Å². The van der Waals surface area contributed by atoms with E-state index in [1.54, 1.807) is 12.1 Å². The first-order chi connectivity index (χ1) is 20.7. The van der Waals surface area contributed by atoms with Crippen LogP contribution in [0.1, 0.15) is 31.2 Å². The average Bonchev–Trinajstić information content (AvgIpc) is 3.53. The minimum absolute atomic E-state index is 0.0687. The Morgan fingerprint density at radius 1 is 0.907 bits per heavy atom. The zero-order valence-electron chi connectivity index (χ0n) is 22.9. The van der Waals surface area contributed by atoms with Crippen molar-refractivity contribution in [3.8, 4) is 11.5 Å². The standard InChI is InChI=1S/C29H25F5N4O5/c1-41-22-9-15-17(11-23(22)42-8-4-7-38-5-2-3-6-38)35-14-36-29(15)37-18-10-20(40)21(12-19(18)39)43-13-16-24(30)26(32)28(34)27(33)25(16)31/h9,11-12,14H,2-8,10,13H2,1H3. The van der Waals surface area contributed by atoms with Crippen LogP contribution in [0, 0.1) is 29.1 Å². The van der Waals surface area contributed by atoms with E-state index >= 15 is 0 Å². The maximum atomic E-state index is 14.0. The Hall–Kier alpha value is -4.46. The summed E-state index contributed by atoms with van der Waals surface area (Å²) in [6, 6.07) is 3.27. The number of aromatic nitrogens is 2. The molecule has 1 aliphatic carbocycles. The maximum absolute atomic E-state index is 14.0. The third-order valence-electron chi connectivity index (χ3n) is 7.04. The van der Waals surface area contributed by atoms with Crippen molar-refractivity contribution in [1.82, 2.24) is 14.9 Å².